The highest BCUT2D eigenvalue weighted by Gasteiger charge is 2.54. The standard InChI is InChI=1S/C20H21FN4O3S.C13H16FN3OS.C6H6N2O3/c1-11-14-9-29-19(22)25-20(14,10-28-11)13-5-12(3-4-15(13)21)6-17(26)16-7-24-18(27-2)8-23-16;1-7-10-5-19-12(16)17-13(10,6-18-7)9-4-8(15)2-3-11(9)14;1-11-5-3-7-4(2-8-5)6(9)10/h3-5,7-8,11,14H,6,9-10H2,1-2H3,(H2,22,25);2-4,7,10H,5-6,15H2,1H3,(H2,16,17);2-3H,1H3,(H,9,10)/t11-,14-,20-;7-,10-,13-;/m11./s1. The number of ether oxygens (including phenoxy) is 4. The summed E-state index contributed by atoms with van der Waals surface area (Å²) in [7, 11) is 2.91. The molecule has 59 heavy (non-hydrogen) atoms. The van der Waals surface area contributed by atoms with E-state index in [-0.39, 0.29) is 65.9 Å². The molecule has 2 aromatic carbocycles. The maximum Gasteiger partial charge on any atom is 0.356 e. The molecule has 16 nitrogen and oxygen atoms in total. The zero-order valence-corrected chi connectivity index (χ0v) is 34.1. The summed E-state index contributed by atoms with van der Waals surface area (Å²) in [6.07, 6.45) is 5.20. The molecular weight excluding hydrogens is 809 g/mol. The number of carboxylic acid groups (broad SMARTS) is 1. The van der Waals surface area contributed by atoms with Crippen molar-refractivity contribution in [1.82, 2.24) is 19.9 Å². The molecule has 0 aliphatic carbocycles. The van der Waals surface area contributed by atoms with E-state index in [1.165, 1.54) is 68.5 Å². The van der Waals surface area contributed by atoms with Crippen LogP contribution in [0.5, 0.6) is 11.8 Å². The van der Waals surface area contributed by atoms with E-state index in [0.29, 0.717) is 56.8 Å². The Labute approximate surface area is 346 Å². The molecule has 0 spiro atoms. The second kappa shape index (κ2) is 18.2. The molecule has 0 amide bonds. The van der Waals surface area contributed by atoms with E-state index >= 15 is 0 Å². The lowest BCUT2D eigenvalue weighted by molar-refractivity contribution is 0.0689. The minimum Gasteiger partial charge on any atom is -0.480 e. The second-order valence-corrected chi connectivity index (χ2v) is 16.0. The van der Waals surface area contributed by atoms with E-state index < -0.39 is 17.0 Å². The van der Waals surface area contributed by atoms with Gasteiger partial charge in [0, 0.05) is 46.6 Å². The minimum absolute atomic E-state index is 0.00714. The summed E-state index contributed by atoms with van der Waals surface area (Å²) in [4.78, 5) is 47.3. The first kappa shape index (κ1) is 43.1. The Morgan fingerprint density at radius 3 is 1.73 bits per heavy atom. The number of Topliss-reactive ketones (excluding diaryl/α,β-unsaturated/α-hetero) is 1. The molecule has 6 atom stereocenters. The molecule has 7 N–H and O–H groups in total. The van der Waals surface area contributed by atoms with Gasteiger partial charge in [-0.15, -0.1) is 0 Å². The van der Waals surface area contributed by atoms with Gasteiger partial charge >= 0.3 is 5.97 Å². The summed E-state index contributed by atoms with van der Waals surface area (Å²) in [5.74, 6) is 0.244. The molecule has 0 saturated carbocycles. The number of halogens is 2. The van der Waals surface area contributed by atoms with Crippen LogP contribution < -0.4 is 26.7 Å². The highest BCUT2D eigenvalue weighted by Crippen LogP contribution is 2.49. The fraction of sp³-hybridized carbons (Fsp3) is 0.385. The third-order valence-electron chi connectivity index (χ3n) is 10.4. The number of fused-ring (bicyclic) bond motifs is 2. The Hall–Kier alpha value is -5.44. The average Bonchev–Trinajstić information content (AvgIpc) is 3.75. The lowest BCUT2D eigenvalue weighted by Gasteiger charge is -2.35. The van der Waals surface area contributed by atoms with Gasteiger partial charge in [0.25, 0.3) is 0 Å². The molecule has 4 aliphatic rings. The van der Waals surface area contributed by atoms with Gasteiger partial charge < -0.3 is 41.3 Å². The number of benzene rings is 2. The molecule has 6 heterocycles. The number of thioether (sulfide) groups is 2. The third kappa shape index (κ3) is 9.24. The summed E-state index contributed by atoms with van der Waals surface area (Å²) in [5, 5.41) is 9.31. The number of aromatic nitrogens is 4. The number of carbonyl (C=O) groups is 2. The Bertz CT molecular complexity index is 2240. The third-order valence-corrected chi connectivity index (χ3v) is 12.3. The van der Waals surface area contributed by atoms with Crippen molar-refractivity contribution in [1.29, 1.82) is 0 Å². The lowest BCUT2D eigenvalue weighted by Crippen LogP contribution is -2.41. The van der Waals surface area contributed by atoms with Gasteiger partial charge in [-0.1, -0.05) is 29.6 Å². The number of ketones is 1. The number of anilines is 1. The largest absolute Gasteiger partial charge is 0.480 e. The van der Waals surface area contributed by atoms with Gasteiger partial charge in [-0.25, -0.2) is 43.5 Å². The Morgan fingerprint density at radius 2 is 1.25 bits per heavy atom. The molecule has 312 valence electrons. The Balaban J connectivity index is 0.000000166. The van der Waals surface area contributed by atoms with Crippen LogP contribution in [0.4, 0.5) is 14.5 Å². The number of nitrogens with two attached hydrogens (primary N) is 3. The van der Waals surface area contributed by atoms with Crippen molar-refractivity contribution in [2.24, 2.45) is 33.3 Å². The highest BCUT2D eigenvalue weighted by molar-refractivity contribution is 8.14. The highest BCUT2D eigenvalue weighted by atomic mass is 32.2. The van der Waals surface area contributed by atoms with Crippen LogP contribution >= 0.6 is 23.5 Å². The quantitative estimate of drug-likeness (QED) is 0.143. The topological polar surface area (TPSA) is 246 Å². The van der Waals surface area contributed by atoms with Gasteiger partial charge in [0.15, 0.2) is 21.8 Å². The molecule has 2 fully saturated rings. The van der Waals surface area contributed by atoms with Gasteiger partial charge in [-0.05, 0) is 49.7 Å². The average molecular weight is 852 g/mol. The lowest BCUT2D eigenvalue weighted by atomic mass is 9.78. The number of carboxylic acids is 1. The SMILES string of the molecule is COc1cnc(C(=O)Cc2ccc(F)c([C@]34CO[C@H](C)[C@H]3CSC(N)=N4)c2)cn1.COc1cnc(C(=O)O)cn1.C[C@H]1OC[C@]2(c3cc(N)ccc3F)N=C(N)SC[C@H]12. The van der Waals surface area contributed by atoms with Gasteiger partial charge in [-0.3, -0.25) is 4.79 Å². The summed E-state index contributed by atoms with van der Waals surface area (Å²) in [6, 6.07) is 9.26. The van der Waals surface area contributed by atoms with Crippen LogP contribution in [0.3, 0.4) is 0 Å². The zero-order chi connectivity index (χ0) is 42.5. The fourth-order valence-electron chi connectivity index (χ4n) is 7.26. The van der Waals surface area contributed by atoms with Crippen LogP contribution in [-0.4, -0.2) is 98.3 Å². The van der Waals surface area contributed by atoms with Gasteiger partial charge in [-0.2, -0.15) is 0 Å². The number of aromatic carboxylic acids is 1. The normalized spacial score (nSPS) is 25.4. The molecule has 4 aromatic rings. The predicted molar refractivity (Wildman–Crippen MR) is 219 cm³/mol. The summed E-state index contributed by atoms with van der Waals surface area (Å²) < 4.78 is 50.3. The number of methoxy groups -OCH3 is 2. The van der Waals surface area contributed by atoms with E-state index in [1.54, 1.807) is 24.3 Å². The van der Waals surface area contributed by atoms with E-state index in [0.717, 1.165) is 11.9 Å². The molecule has 20 heteroatoms. The maximum absolute atomic E-state index is 14.9. The van der Waals surface area contributed by atoms with Crippen LogP contribution in [0.15, 0.2) is 71.2 Å². The van der Waals surface area contributed by atoms with Crippen LogP contribution in [-0.2, 0) is 27.0 Å². The molecule has 8 rings (SSSR count). The van der Waals surface area contributed by atoms with Crippen molar-refractivity contribution in [2.45, 2.75) is 43.6 Å². The molecule has 0 bridgehead atoms. The number of carbonyl (C=O) groups excluding carboxylic acids is 1. The molecule has 0 unspecified atom stereocenters. The van der Waals surface area contributed by atoms with E-state index in [4.69, 9.17) is 36.5 Å². The number of nitrogen functional groups attached to an aromatic ring is 1. The number of hydrogen-bond donors (Lipinski definition) is 4. The first-order chi connectivity index (χ1) is 28.2. The molecule has 2 saturated heterocycles. The van der Waals surface area contributed by atoms with Crippen molar-refractivity contribution < 1.29 is 42.4 Å². The van der Waals surface area contributed by atoms with Crippen molar-refractivity contribution in [2.75, 3.05) is 44.7 Å². The van der Waals surface area contributed by atoms with Crippen molar-refractivity contribution in [3.8, 4) is 11.8 Å². The molecule has 0 radical (unpaired) electrons. The second-order valence-electron chi connectivity index (χ2n) is 14.0. The number of amidine groups is 2. The van der Waals surface area contributed by atoms with E-state index in [9.17, 15) is 18.4 Å². The number of rotatable bonds is 8. The maximum atomic E-state index is 14.9. The van der Waals surface area contributed by atoms with E-state index in [2.05, 4.69) is 34.7 Å². The van der Waals surface area contributed by atoms with E-state index in [1.807, 2.05) is 13.8 Å². The summed E-state index contributed by atoms with van der Waals surface area (Å²) >= 11 is 2.95. The number of aliphatic imine (C=N–C) groups is 2. The zero-order valence-electron chi connectivity index (χ0n) is 32.5. The number of nitrogens with zero attached hydrogens (tertiary/aromatic N) is 6. The van der Waals surface area contributed by atoms with Crippen LogP contribution in [0.2, 0.25) is 0 Å². The summed E-state index contributed by atoms with van der Waals surface area (Å²) in [5.41, 5.74) is 18.3. The van der Waals surface area contributed by atoms with Gasteiger partial charge in [0.2, 0.25) is 11.8 Å². The first-order valence-electron chi connectivity index (χ1n) is 18.2. The minimum atomic E-state index is -1.10. The van der Waals surface area contributed by atoms with Crippen LogP contribution in [0.1, 0.15) is 51.5 Å². The number of hydrogen-bond acceptors (Lipinski definition) is 17. The van der Waals surface area contributed by atoms with Gasteiger partial charge in [0.1, 0.15) is 28.4 Å². The Morgan fingerprint density at radius 1 is 0.763 bits per heavy atom. The fourth-order valence-corrected chi connectivity index (χ4v) is 9.51. The predicted octanol–water partition coefficient (Wildman–Crippen LogP) is 4.22. The monoisotopic (exact) mass is 851 g/mol. The smallest absolute Gasteiger partial charge is 0.356 e. The van der Waals surface area contributed by atoms with Gasteiger partial charge in [0.05, 0.1) is 64.4 Å². The van der Waals surface area contributed by atoms with Crippen LogP contribution in [0.25, 0.3) is 0 Å². The van der Waals surface area contributed by atoms with Crippen molar-refractivity contribution >= 4 is 51.3 Å². The summed E-state index contributed by atoms with van der Waals surface area (Å²) in [6.45, 7) is 4.57. The van der Waals surface area contributed by atoms with Crippen LogP contribution in [0, 0.1) is 23.5 Å². The molecular formula is C39H43F2N9O7S2. The molecule has 2 aromatic heterocycles. The first-order valence-corrected chi connectivity index (χ1v) is 20.2. The Kier molecular flexibility index (Phi) is 13.3. The van der Waals surface area contributed by atoms with Crippen molar-refractivity contribution in [3.05, 3.63) is 101 Å². The molecule has 4 aliphatic heterocycles. The van der Waals surface area contributed by atoms with Crippen molar-refractivity contribution in [3.63, 3.8) is 0 Å².